The van der Waals surface area contributed by atoms with E-state index in [-0.39, 0.29) is 12.5 Å². The van der Waals surface area contributed by atoms with Gasteiger partial charge in [-0.2, -0.15) is 0 Å². The van der Waals surface area contributed by atoms with E-state index < -0.39 is 0 Å². The van der Waals surface area contributed by atoms with Crippen LogP contribution < -0.4 is 15.0 Å². The molecular weight excluding hydrogens is 402 g/mol. The predicted octanol–water partition coefficient (Wildman–Crippen LogP) is 4.25. The molecule has 0 radical (unpaired) electrons. The van der Waals surface area contributed by atoms with Gasteiger partial charge in [0.2, 0.25) is 5.88 Å². The van der Waals surface area contributed by atoms with Gasteiger partial charge in [0.1, 0.15) is 0 Å². The highest BCUT2D eigenvalue weighted by Gasteiger charge is 2.17. The molecule has 0 atom stereocenters. The molecule has 1 amide bonds. The normalized spacial score (nSPS) is 14.2. The lowest BCUT2D eigenvalue weighted by Crippen LogP contribution is -2.29. The number of ether oxygens (including phenoxy) is 1. The molecule has 1 aliphatic rings. The Kier molecular flexibility index (Phi) is 5.81. The molecule has 0 spiro atoms. The topological polar surface area (TPSA) is 72.3 Å². The molecule has 1 N–H and O–H groups in total. The van der Waals surface area contributed by atoms with Gasteiger partial charge in [-0.25, -0.2) is 9.67 Å². The summed E-state index contributed by atoms with van der Waals surface area (Å²) in [5.41, 5.74) is 4.33. The summed E-state index contributed by atoms with van der Waals surface area (Å²) in [5, 5.41) is 8.68. The third kappa shape index (κ3) is 4.21. The number of anilines is 2. The fourth-order valence-electron chi connectivity index (χ4n) is 3.96. The van der Waals surface area contributed by atoms with E-state index >= 15 is 0 Å². The van der Waals surface area contributed by atoms with Crippen LogP contribution >= 0.6 is 11.6 Å². The largest absolute Gasteiger partial charge is 0.466 e. The van der Waals surface area contributed by atoms with Crippen molar-refractivity contribution in [3.05, 3.63) is 40.5 Å². The molecule has 1 fully saturated rings. The van der Waals surface area contributed by atoms with E-state index in [2.05, 4.69) is 20.3 Å². The molecule has 0 aliphatic carbocycles. The lowest BCUT2D eigenvalue weighted by Gasteiger charge is -2.29. The zero-order valence-corrected chi connectivity index (χ0v) is 18.3. The van der Waals surface area contributed by atoms with E-state index in [0.29, 0.717) is 16.6 Å². The van der Waals surface area contributed by atoms with Crippen LogP contribution in [0.5, 0.6) is 5.88 Å². The van der Waals surface area contributed by atoms with Gasteiger partial charge in [0.05, 0.1) is 16.1 Å². The Balaban J connectivity index is 1.42. The number of hydrogen-bond acceptors (Lipinski definition) is 5. The van der Waals surface area contributed by atoms with Crippen LogP contribution in [-0.4, -0.2) is 40.4 Å². The Hall–Kier alpha value is -2.80. The van der Waals surface area contributed by atoms with Gasteiger partial charge in [-0.3, -0.25) is 4.79 Å². The third-order valence-corrected chi connectivity index (χ3v) is 5.66. The molecule has 8 heteroatoms. The monoisotopic (exact) mass is 427 g/mol. The molecule has 0 unspecified atom stereocenters. The highest BCUT2D eigenvalue weighted by Crippen LogP contribution is 2.31. The average Bonchev–Trinajstić information content (AvgIpc) is 3.03. The Labute approximate surface area is 181 Å². The molecular formula is C22H26ClN5O2. The first-order valence-electron chi connectivity index (χ1n) is 10.2. The second-order valence-electron chi connectivity index (χ2n) is 7.76. The number of aromatic nitrogens is 3. The van der Waals surface area contributed by atoms with Crippen molar-refractivity contribution >= 4 is 39.9 Å². The molecule has 7 nitrogen and oxygen atoms in total. The van der Waals surface area contributed by atoms with Crippen LogP contribution in [0.1, 0.15) is 30.5 Å². The first-order valence-corrected chi connectivity index (χ1v) is 10.6. The maximum absolute atomic E-state index is 12.4. The minimum Gasteiger partial charge on any atom is -0.466 e. The standard InChI is InChI=1S/C22H26ClN5O2/c1-14-11-15(2)24-21-20(14)22(26-27(21)3)30-13-19(29)25-16-7-8-18(17(23)12-16)28-9-5-4-6-10-28/h7-8,11-12H,4-6,9-10,13H2,1-3H3,(H,25,29). The third-order valence-electron chi connectivity index (χ3n) is 5.35. The number of amides is 1. The molecule has 4 rings (SSSR count). The predicted molar refractivity (Wildman–Crippen MR) is 120 cm³/mol. The quantitative estimate of drug-likeness (QED) is 0.659. The number of nitrogens with one attached hydrogen (secondary N) is 1. The fourth-order valence-corrected chi connectivity index (χ4v) is 4.26. The van der Waals surface area contributed by atoms with Gasteiger partial charge in [0, 0.05) is 31.5 Å². The van der Waals surface area contributed by atoms with E-state index in [1.165, 1.54) is 19.3 Å². The summed E-state index contributed by atoms with van der Waals surface area (Å²) in [6.07, 6.45) is 3.63. The highest BCUT2D eigenvalue weighted by atomic mass is 35.5. The molecule has 1 aromatic carbocycles. The van der Waals surface area contributed by atoms with Gasteiger partial charge >= 0.3 is 0 Å². The van der Waals surface area contributed by atoms with E-state index in [4.69, 9.17) is 16.3 Å². The second-order valence-corrected chi connectivity index (χ2v) is 8.17. The number of fused-ring (bicyclic) bond motifs is 1. The lowest BCUT2D eigenvalue weighted by atomic mass is 10.1. The molecule has 0 bridgehead atoms. The van der Waals surface area contributed by atoms with Crippen molar-refractivity contribution in [2.75, 3.05) is 29.9 Å². The van der Waals surface area contributed by atoms with Crippen molar-refractivity contribution in [1.29, 1.82) is 0 Å². The van der Waals surface area contributed by atoms with Crippen LogP contribution in [0.3, 0.4) is 0 Å². The van der Waals surface area contributed by atoms with E-state index in [1.807, 2.05) is 39.1 Å². The number of halogens is 1. The van der Waals surface area contributed by atoms with Crippen LogP contribution in [0.15, 0.2) is 24.3 Å². The van der Waals surface area contributed by atoms with Gasteiger partial charge in [-0.1, -0.05) is 11.6 Å². The SMILES string of the molecule is Cc1cc(C)c2c(OCC(=O)Nc3ccc(N4CCCCC4)c(Cl)c3)nn(C)c2n1. The summed E-state index contributed by atoms with van der Waals surface area (Å²) in [4.78, 5) is 19.2. The van der Waals surface area contributed by atoms with Crippen molar-refractivity contribution in [2.24, 2.45) is 7.05 Å². The molecule has 0 saturated carbocycles. The average molecular weight is 428 g/mol. The Bertz CT molecular complexity index is 1090. The van der Waals surface area contributed by atoms with Crippen molar-refractivity contribution < 1.29 is 9.53 Å². The van der Waals surface area contributed by atoms with E-state index in [0.717, 1.165) is 41.1 Å². The molecule has 158 valence electrons. The highest BCUT2D eigenvalue weighted by molar-refractivity contribution is 6.33. The summed E-state index contributed by atoms with van der Waals surface area (Å²) in [6, 6.07) is 7.60. The van der Waals surface area contributed by atoms with Gasteiger partial charge in [0.25, 0.3) is 5.91 Å². The zero-order valence-electron chi connectivity index (χ0n) is 17.5. The first kappa shape index (κ1) is 20.5. The molecule has 1 saturated heterocycles. The van der Waals surface area contributed by atoms with Crippen LogP contribution in [0.2, 0.25) is 5.02 Å². The number of nitrogens with zero attached hydrogens (tertiary/aromatic N) is 4. The number of aryl methyl sites for hydroxylation is 3. The van der Waals surface area contributed by atoms with Gasteiger partial charge in [-0.15, -0.1) is 5.10 Å². The van der Waals surface area contributed by atoms with E-state index in [9.17, 15) is 4.79 Å². The fraction of sp³-hybridized carbons (Fsp3) is 0.409. The van der Waals surface area contributed by atoms with Crippen molar-refractivity contribution in [2.45, 2.75) is 33.1 Å². The smallest absolute Gasteiger partial charge is 0.262 e. The van der Waals surface area contributed by atoms with Gasteiger partial charge in [-0.05, 0) is 62.9 Å². The first-order chi connectivity index (χ1) is 14.4. The molecule has 3 heterocycles. The number of pyridine rings is 1. The summed E-state index contributed by atoms with van der Waals surface area (Å²) >= 11 is 6.47. The molecule has 2 aromatic heterocycles. The Morgan fingerprint density at radius 2 is 1.97 bits per heavy atom. The van der Waals surface area contributed by atoms with Crippen molar-refractivity contribution in [3.63, 3.8) is 0 Å². The van der Waals surface area contributed by atoms with E-state index in [1.54, 1.807) is 10.7 Å². The summed E-state index contributed by atoms with van der Waals surface area (Å²) in [5.74, 6) is 0.138. The van der Waals surface area contributed by atoms with Gasteiger partial charge in [0.15, 0.2) is 12.3 Å². The maximum atomic E-state index is 12.4. The number of hydrogen-bond donors (Lipinski definition) is 1. The van der Waals surface area contributed by atoms with Crippen LogP contribution in [0.25, 0.3) is 11.0 Å². The van der Waals surface area contributed by atoms with Crippen LogP contribution in [-0.2, 0) is 11.8 Å². The number of benzene rings is 1. The van der Waals surface area contributed by atoms with Crippen LogP contribution in [0.4, 0.5) is 11.4 Å². The summed E-state index contributed by atoms with van der Waals surface area (Å²) < 4.78 is 7.39. The summed E-state index contributed by atoms with van der Waals surface area (Å²) in [7, 11) is 1.81. The zero-order chi connectivity index (χ0) is 21.3. The molecule has 3 aromatic rings. The molecule has 30 heavy (non-hydrogen) atoms. The number of carbonyl (C=O) groups excluding carboxylic acids is 1. The minimum atomic E-state index is -0.270. The number of piperidine rings is 1. The Morgan fingerprint density at radius 3 is 2.70 bits per heavy atom. The van der Waals surface area contributed by atoms with Crippen LogP contribution in [0, 0.1) is 13.8 Å². The van der Waals surface area contributed by atoms with Gasteiger partial charge < -0.3 is 15.0 Å². The Morgan fingerprint density at radius 1 is 1.20 bits per heavy atom. The second kappa shape index (κ2) is 8.52. The minimum absolute atomic E-state index is 0.148. The summed E-state index contributed by atoms with van der Waals surface area (Å²) in [6.45, 7) is 5.81. The lowest BCUT2D eigenvalue weighted by molar-refractivity contribution is -0.118. The maximum Gasteiger partial charge on any atom is 0.262 e. The number of rotatable bonds is 5. The van der Waals surface area contributed by atoms with Crippen molar-refractivity contribution in [1.82, 2.24) is 14.8 Å². The molecule has 1 aliphatic heterocycles. The number of carbonyl (C=O) groups is 1. The van der Waals surface area contributed by atoms with Crippen molar-refractivity contribution in [3.8, 4) is 5.88 Å².